The number of likely N-dealkylation sites (N-methyl/N-ethyl adjacent to an activating group) is 1. The quantitative estimate of drug-likeness (QED) is 0.527. The zero-order chi connectivity index (χ0) is 8.55. The van der Waals surface area contributed by atoms with Gasteiger partial charge in [0.05, 0.1) is 12.7 Å². The lowest BCUT2D eigenvalue weighted by molar-refractivity contribution is -0.133. The molecule has 12 heavy (non-hydrogen) atoms. The Morgan fingerprint density at radius 2 is 2.42 bits per heavy atom. The zero-order valence-electron chi connectivity index (χ0n) is 7.45. The van der Waals surface area contributed by atoms with Gasteiger partial charge in [-0.1, -0.05) is 0 Å². The van der Waals surface area contributed by atoms with Crippen molar-refractivity contribution in [2.45, 2.75) is 31.4 Å². The van der Waals surface area contributed by atoms with E-state index in [1.54, 1.807) is 0 Å². The first-order valence-electron chi connectivity index (χ1n) is 4.61. The Kier molecular flexibility index (Phi) is 2.15. The molecule has 1 heterocycles. The molecule has 0 spiro atoms. The van der Waals surface area contributed by atoms with Gasteiger partial charge in [0.25, 0.3) is 0 Å². The SMILES string of the molecule is CN1CCO[C@H]2CC(=O)CC[C@@H]21. The van der Waals surface area contributed by atoms with Crippen LogP contribution in [0.25, 0.3) is 0 Å². The monoisotopic (exact) mass is 169 g/mol. The van der Waals surface area contributed by atoms with Crippen molar-refractivity contribution < 1.29 is 9.53 Å². The topological polar surface area (TPSA) is 29.5 Å². The van der Waals surface area contributed by atoms with Crippen molar-refractivity contribution in [1.82, 2.24) is 4.90 Å². The van der Waals surface area contributed by atoms with E-state index in [2.05, 4.69) is 11.9 Å². The van der Waals surface area contributed by atoms with E-state index in [-0.39, 0.29) is 6.10 Å². The molecule has 0 unspecified atom stereocenters. The van der Waals surface area contributed by atoms with Gasteiger partial charge in [-0.2, -0.15) is 0 Å². The standard InChI is InChI=1S/C9H15NO2/c1-10-4-5-12-9-6-7(11)2-3-8(9)10/h8-9H,2-6H2,1H3/t8-,9-/m0/s1. The maximum absolute atomic E-state index is 11.1. The van der Waals surface area contributed by atoms with Gasteiger partial charge in [0.15, 0.2) is 0 Å². The number of morpholine rings is 1. The highest BCUT2D eigenvalue weighted by Crippen LogP contribution is 2.25. The van der Waals surface area contributed by atoms with E-state index in [0.29, 0.717) is 18.2 Å². The summed E-state index contributed by atoms with van der Waals surface area (Å²) >= 11 is 0. The molecule has 0 amide bonds. The number of rotatable bonds is 0. The molecule has 0 radical (unpaired) electrons. The summed E-state index contributed by atoms with van der Waals surface area (Å²) < 4.78 is 5.56. The first kappa shape index (κ1) is 8.20. The minimum atomic E-state index is 0.185. The third kappa shape index (κ3) is 1.39. The van der Waals surface area contributed by atoms with Gasteiger partial charge >= 0.3 is 0 Å². The number of hydrogen-bond acceptors (Lipinski definition) is 3. The number of ketones is 1. The van der Waals surface area contributed by atoms with Crippen molar-refractivity contribution in [3.8, 4) is 0 Å². The van der Waals surface area contributed by atoms with E-state index in [4.69, 9.17) is 4.74 Å². The second kappa shape index (κ2) is 3.15. The van der Waals surface area contributed by atoms with Crippen LogP contribution in [-0.2, 0) is 9.53 Å². The van der Waals surface area contributed by atoms with Crippen LogP contribution in [-0.4, -0.2) is 43.0 Å². The van der Waals surface area contributed by atoms with Crippen LogP contribution < -0.4 is 0 Å². The first-order chi connectivity index (χ1) is 5.77. The molecule has 0 aromatic carbocycles. The summed E-state index contributed by atoms with van der Waals surface area (Å²) in [6.45, 7) is 1.79. The molecule has 2 rings (SSSR count). The second-order valence-corrected chi connectivity index (χ2v) is 3.74. The van der Waals surface area contributed by atoms with Crippen molar-refractivity contribution in [2.75, 3.05) is 20.2 Å². The van der Waals surface area contributed by atoms with E-state index >= 15 is 0 Å². The van der Waals surface area contributed by atoms with Crippen LogP contribution in [0.4, 0.5) is 0 Å². The molecule has 3 heteroatoms. The summed E-state index contributed by atoms with van der Waals surface area (Å²) in [6.07, 6.45) is 2.55. The van der Waals surface area contributed by atoms with Gasteiger partial charge in [-0.05, 0) is 13.5 Å². The van der Waals surface area contributed by atoms with Crippen molar-refractivity contribution >= 4 is 5.78 Å². The normalized spacial score (nSPS) is 37.9. The predicted molar refractivity (Wildman–Crippen MR) is 45.0 cm³/mol. The van der Waals surface area contributed by atoms with E-state index < -0.39 is 0 Å². The number of fused-ring (bicyclic) bond motifs is 1. The number of ether oxygens (including phenoxy) is 1. The summed E-state index contributed by atoms with van der Waals surface area (Å²) in [5.74, 6) is 0.367. The first-order valence-corrected chi connectivity index (χ1v) is 4.61. The molecule has 1 aliphatic heterocycles. The molecule has 0 N–H and O–H groups in total. The lowest BCUT2D eigenvalue weighted by Gasteiger charge is -2.41. The molecular weight excluding hydrogens is 154 g/mol. The van der Waals surface area contributed by atoms with E-state index in [9.17, 15) is 4.79 Å². The molecule has 2 fully saturated rings. The summed E-state index contributed by atoms with van der Waals surface area (Å²) in [5.41, 5.74) is 0. The summed E-state index contributed by atoms with van der Waals surface area (Å²) in [4.78, 5) is 13.4. The molecule has 0 aromatic heterocycles. The van der Waals surface area contributed by atoms with Gasteiger partial charge < -0.3 is 4.74 Å². The third-order valence-electron chi connectivity index (χ3n) is 2.92. The van der Waals surface area contributed by atoms with Gasteiger partial charge in [-0.25, -0.2) is 0 Å². The Labute approximate surface area is 72.7 Å². The smallest absolute Gasteiger partial charge is 0.135 e. The molecule has 1 saturated heterocycles. The Bertz CT molecular complexity index is 193. The maximum Gasteiger partial charge on any atom is 0.135 e. The van der Waals surface area contributed by atoms with Crippen LogP contribution in [0.15, 0.2) is 0 Å². The molecule has 2 atom stereocenters. The number of hydrogen-bond donors (Lipinski definition) is 0. The fourth-order valence-corrected chi connectivity index (χ4v) is 2.15. The highest BCUT2D eigenvalue weighted by molar-refractivity contribution is 5.80. The van der Waals surface area contributed by atoms with Crippen LogP contribution in [0, 0.1) is 0 Å². The number of carbonyl (C=O) groups excluding carboxylic acids is 1. The van der Waals surface area contributed by atoms with Crippen LogP contribution in [0.2, 0.25) is 0 Å². The summed E-state index contributed by atoms with van der Waals surface area (Å²) in [7, 11) is 2.12. The van der Waals surface area contributed by atoms with Gasteiger partial charge in [0.1, 0.15) is 5.78 Å². The number of nitrogens with zero attached hydrogens (tertiary/aromatic N) is 1. The minimum absolute atomic E-state index is 0.185. The van der Waals surface area contributed by atoms with Crippen LogP contribution in [0.5, 0.6) is 0 Å². The molecule has 3 nitrogen and oxygen atoms in total. The Morgan fingerprint density at radius 1 is 1.58 bits per heavy atom. The number of carbonyl (C=O) groups is 1. The molecule has 2 aliphatic rings. The van der Waals surface area contributed by atoms with Crippen molar-refractivity contribution in [2.24, 2.45) is 0 Å². The maximum atomic E-state index is 11.1. The molecule has 1 saturated carbocycles. The molecular formula is C9H15NO2. The Balaban J connectivity index is 2.04. The second-order valence-electron chi connectivity index (χ2n) is 3.74. The fraction of sp³-hybridized carbons (Fsp3) is 0.889. The van der Waals surface area contributed by atoms with Crippen LogP contribution in [0.1, 0.15) is 19.3 Å². The predicted octanol–water partition coefficient (Wildman–Crippen LogP) is 0.439. The lowest BCUT2D eigenvalue weighted by Crippen LogP contribution is -2.52. The molecule has 1 aliphatic carbocycles. The van der Waals surface area contributed by atoms with Crippen molar-refractivity contribution in [3.63, 3.8) is 0 Å². The van der Waals surface area contributed by atoms with E-state index in [1.807, 2.05) is 0 Å². The Hall–Kier alpha value is -0.410. The fourth-order valence-electron chi connectivity index (χ4n) is 2.15. The number of Topliss-reactive ketones (excluding diaryl/α,β-unsaturated/α-hetero) is 1. The molecule has 68 valence electrons. The van der Waals surface area contributed by atoms with Gasteiger partial charge in [0.2, 0.25) is 0 Å². The highest BCUT2D eigenvalue weighted by atomic mass is 16.5. The van der Waals surface area contributed by atoms with Gasteiger partial charge in [0, 0.05) is 25.4 Å². The van der Waals surface area contributed by atoms with Gasteiger partial charge in [-0.15, -0.1) is 0 Å². The van der Waals surface area contributed by atoms with Crippen LogP contribution in [0.3, 0.4) is 0 Å². The third-order valence-corrected chi connectivity index (χ3v) is 2.92. The van der Waals surface area contributed by atoms with E-state index in [1.165, 1.54) is 0 Å². The minimum Gasteiger partial charge on any atom is -0.375 e. The molecule has 0 bridgehead atoms. The largest absolute Gasteiger partial charge is 0.375 e. The van der Waals surface area contributed by atoms with Crippen LogP contribution >= 0.6 is 0 Å². The Morgan fingerprint density at radius 3 is 3.25 bits per heavy atom. The summed E-state index contributed by atoms with van der Waals surface area (Å²) in [6, 6.07) is 0.497. The molecule has 0 aromatic rings. The highest BCUT2D eigenvalue weighted by Gasteiger charge is 2.35. The van der Waals surface area contributed by atoms with Gasteiger partial charge in [-0.3, -0.25) is 9.69 Å². The lowest BCUT2D eigenvalue weighted by atomic mass is 9.89. The van der Waals surface area contributed by atoms with Crippen molar-refractivity contribution in [1.29, 1.82) is 0 Å². The average molecular weight is 169 g/mol. The summed E-state index contributed by atoms with van der Waals surface area (Å²) in [5, 5.41) is 0. The average Bonchev–Trinajstić information content (AvgIpc) is 2.04. The van der Waals surface area contributed by atoms with E-state index in [0.717, 1.165) is 26.0 Å². The van der Waals surface area contributed by atoms with Crippen molar-refractivity contribution in [3.05, 3.63) is 0 Å². The zero-order valence-corrected chi connectivity index (χ0v) is 7.45.